The lowest BCUT2D eigenvalue weighted by Crippen LogP contribution is -2.41. The summed E-state index contributed by atoms with van der Waals surface area (Å²) in [5.74, 6) is 0. The van der Waals surface area contributed by atoms with E-state index in [1.165, 1.54) is 5.56 Å². The zero-order valence-electron chi connectivity index (χ0n) is 27.2. The van der Waals surface area contributed by atoms with Gasteiger partial charge in [-0.25, -0.2) is 4.99 Å². The Morgan fingerprint density at radius 1 is 0.524 bits per heavy atom. The van der Waals surface area contributed by atoms with Gasteiger partial charge < -0.3 is 18.6 Å². The summed E-state index contributed by atoms with van der Waals surface area (Å²) in [4.78, 5) is 5.16. The average Bonchev–Trinajstić information content (AvgIpc) is 3.26. The van der Waals surface area contributed by atoms with Gasteiger partial charge in [0.25, 0.3) is 0 Å². The smallest absolute Gasteiger partial charge is 0.399 e. The molecule has 5 rings (SSSR count). The van der Waals surface area contributed by atoms with Crippen molar-refractivity contribution in [2.75, 3.05) is 0 Å². The summed E-state index contributed by atoms with van der Waals surface area (Å²) in [6.07, 6.45) is 0. The summed E-state index contributed by atoms with van der Waals surface area (Å²) < 4.78 is 25.1. The number of nitrogens with zero attached hydrogens (tertiary/aromatic N) is 1. The van der Waals surface area contributed by atoms with Gasteiger partial charge in [-0.3, -0.25) is 0 Å². The highest BCUT2D eigenvalue weighted by Crippen LogP contribution is 2.37. The largest absolute Gasteiger partial charge is 0.494 e. The van der Waals surface area contributed by atoms with Crippen LogP contribution in [-0.2, 0) is 24.0 Å². The minimum atomic E-state index is -0.405. The zero-order valence-corrected chi connectivity index (χ0v) is 27.2. The molecule has 2 heterocycles. The molecule has 0 aliphatic carbocycles. The van der Waals surface area contributed by atoms with Gasteiger partial charge in [0, 0.05) is 11.1 Å². The van der Waals surface area contributed by atoms with Crippen LogP contribution in [0.5, 0.6) is 0 Å². The molecule has 3 aromatic carbocycles. The molecule has 2 aliphatic heterocycles. The maximum atomic E-state index is 6.28. The first-order valence-corrected chi connectivity index (χ1v) is 15.0. The first-order chi connectivity index (χ1) is 19.4. The van der Waals surface area contributed by atoms with Crippen LogP contribution in [0.25, 0.3) is 0 Å². The Bertz CT molecular complexity index is 1420. The van der Waals surface area contributed by atoms with Crippen molar-refractivity contribution in [3.63, 3.8) is 0 Å². The highest BCUT2D eigenvalue weighted by molar-refractivity contribution is 6.62. The third-order valence-corrected chi connectivity index (χ3v) is 9.39. The van der Waals surface area contributed by atoms with E-state index < -0.39 is 14.2 Å². The molecule has 0 radical (unpaired) electrons. The van der Waals surface area contributed by atoms with E-state index in [2.05, 4.69) is 125 Å². The molecule has 0 atom stereocenters. The monoisotopic (exact) mass is 565 g/mol. The Morgan fingerprint density at radius 2 is 0.857 bits per heavy atom. The molecule has 2 saturated heterocycles. The molecule has 0 spiro atoms. The first-order valence-electron chi connectivity index (χ1n) is 15.0. The van der Waals surface area contributed by atoms with Crippen molar-refractivity contribution in [3.05, 3.63) is 89.5 Å². The Kier molecular flexibility index (Phi) is 7.67. The molecule has 0 unspecified atom stereocenters. The molecule has 7 heteroatoms. The minimum Gasteiger partial charge on any atom is -0.399 e. The molecular weight excluding hydrogens is 520 g/mol. The molecule has 42 heavy (non-hydrogen) atoms. The summed E-state index contributed by atoms with van der Waals surface area (Å²) in [6.45, 7) is 23.3. The molecular formula is C35H45B2NO4. The Hall–Kier alpha value is -2.70. The fourth-order valence-electron chi connectivity index (χ4n) is 5.02. The van der Waals surface area contributed by atoms with Crippen LogP contribution in [0.15, 0.2) is 77.8 Å². The molecule has 3 aromatic rings. The van der Waals surface area contributed by atoms with E-state index in [9.17, 15) is 0 Å². The minimum absolute atomic E-state index is 0.0731. The molecule has 0 aromatic heterocycles. The van der Waals surface area contributed by atoms with Gasteiger partial charge in [0.15, 0.2) is 0 Å². The van der Waals surface area contributed by atoms with Crippen LogP contribution in [0.3, 0.4) is 0 Å². The van der Waals surface area contributed by atoms with Crippen LogP contribution in [0.1, 0.15) is 92.9 Å². The lowest BCUT2D eigenvalue weighted by molar-refractivity contribution is 0.00578. The molecule has 220 valence electrons. The van der Waals surface area contributed by atoms with E-state index in [4.69, 9.17) is 23.6 Å². The van der Waals surface area contributed by atoms with E-state index in [1.54, 1.807) is 0 Å². The number of rotatable bonds is 5. The van der Waals surface area contributed by atoms with E-state index in [1.807, 2.05) is 24.3 Å². The highest BCUT2D eigenvalue weighted by atomic mass is 16.7. The van der Waals surface area contributed by atoms with E-state index in [0.29, 0.717) is 0 Å². The zero-order chi connectivity index (χ0) is 30.7. The maximum Gasteiger partial charge on any atom is 0.494 e. The predicted molar refractivity (Wildman–Crippen MR) is 175 cm³/mol. The molecule has 0 amide bonds. The number of hydrogen-bond acceptors (Lipinski definition) is 5. The second kappa shape index (κ2) is 10.5. The van der Waals surface area contributed by atoms with Crippen LogP contribution in [0.2, 0.25) is 0 Å². The second-order valence-corrected chi connectivity index (χ2v) is 14.7. The number of hydrogen-bond donors (Lipinski definition) is 0. The third-order valence-electron chi connectivity index (χ3n) is 9.39. The summed E-state index contributed by atoms with van der Waals surface area (Å²) >= 11 is 0. The first kappa shape index (κ1) is 30.7. The summed E-state index contributed by atoms with van der Waals surface area (Å²) in [6, 6.07) is 25.3. The van der Waals surface area contributed by atoms with Crippen molar-refractivity contribution in [3.8, 4) is 0 Å². The Morgan fingerprint density at radius 3 is 1.21 bits per heavy atom. The van der Waals surface area contributed by atoms with Crippen molar-refractivity contribution < 1.29 is 18.6 Å². The molecule has 0 bridgehead atoms. The van der Waals surface area contributed by atoms with Crippen molar-refractivity contribution in [1.29, 1.82) is 0 Å². The quantitative estimate of drug-likeness (QED) is 0.254. The van der Waals surface area contributed by atoms with Gasteiger partial charge in [-0.05, 0) is 89.4 Å². The average molecular weight is 565 g/mol. The van der Waals surface area contributed by atoms with Gasteiger partial charge in [0.05, 0.1) is 33.8 Å². The molecule has 0 N–H and O–H groups in total. The van der Waals surface area contributed by atoms with Crippen molar-refractivity contribution in [1.82, 2.24) is 0 Å². The van der Waals surface area contributed by atoms with Gasteiger partial charge >= 0.3 is 14.2 Å². The molecule has 2 fully saturated rings. The fraction of sp³-hybridized carbons (Fsp3) is 0.457. The number of benzene rings is 3. The van der Waals surface area contributed by atoms with Crippen LogP contribution >= 0.6 is 0 Å². The molecule has 5 nitrogen and oxygen atoms in total. The normalized spacial score (nSPS) is 21.2. The van der Waals surface area contributed by atoms with Gasteiger partial charge in [-0.15, -0.1) is 0 Å². The topological polar surface area (TPSA) is 49.3 Å². The summed E-state index contributed by atoms with van der Waals surface area (Å²) in [5.41, 5.74) is 5.64. The standard InChI is InChI=1S/C35H45B2NO4/c1-31(2,3)26-16-12-24(13-17-26)30(25-14-18-27(19-15-25)36-39-32(4,5)33(6,7)40-36)38-29-22-20-28(21-23-29)37-41-34(8,9)35(10,11)42-37/h12-23H,1-11H3. The molecule has 2 aliphatic rings. The molecule has 0 saturated carbocycles. The van der Waals surface area contributed by atoms with Gasteiger partial charge in [-0.2, -0.15) is 0 Å². The van der Waals surface area contributed by atoms with E-state index in [0.717, 1.165) is 33.5 Å². The predicted octanol–water partition coefficient (Wildman–Crippen LogP) is 6.75. The van der Waals surface area contributed by atoms with Crippen LogP contribution < -0.4 is 10.9 Å². The van der Waals surface area contributed by atoms with Crippen molar-refractivity contribution >= 4 is 36.6 Å². The van der Waals surface area contributed by atoms with Gasteiger partial charge in [-0.1, -0.05) is 81.4 Å². The van der Waals surface area contributed by atoms with Gasteiger partial charge in [0.1, 0.15) is 0 Å². The van der Waals surface area contributed by atoms with Crippen LogP contribution in [0, 0.1) is 0 Å². The number of aliphatic imine (C=N–C) groups is 1. The van der Waals surface area contributed by atoms with Crippen molar-refractivity contribution in [2.24, 2.45) is 4.99 Å². The Balaban J connectivity index is 1.47. The SMILES string of the molecule is CC(C)(C)c1ccc(C(=Nc2ccc(B3OC(C)(C)C(C)(C)O3)cc2)c2ccc(B3OC(C)(C)C(C)(C)O3)cc2)cc1. The second-order valence-electron chi connectivity index (χ2n) is 14.7. The fourth-order valence-corrected chi connectivity index (χ4v) is 5.02. The lowest BCUT2D eigenvalue weighted by Gasteiger charge is -2.32. The summed E-state index contributed by atoms with van der Waals surface area (Å²) in [7, 11) is -0.807. The van der Waals surface area contributed by atoms with E-state index >= 15 is 0 Å². The van der Waals surface area contributed by atoms with E-state index in [-0.39, 0.29) is 27.8 Å². The Labute approximate surface area is 253 Å². The van der Waals surface area contributed by atoms with Gasteiger partial charge in [0.2, 0.25) is 0 Å². The maximum absolute atomic E-state index is 6.28. The summed E-state index contributed by atoms with van der Waals surface area (Å²) in [5, 5.41) is 0. The van der Waals surface area contributed by atoms with Crippen LogP contribution in [-0.4, -0.2) is 42.4 Å². The highest BCUT2D eigenvalue weighted by Gasteiger charge is 2.52. The van der Waals surface area contributed by atoms with Crippen LogP contribution in [0.4, 0.5) is 5.69 Å². The van der Waals surface area contributed by atoms with Crippen molar-refractivity contribution in [2.45, 2.75) is 104 Å². The lowest BCUT2D eigenvalue weighted by atomic mass is 9.78. The third kappa shape index (κ3) is 5.90.